The SMILES string of the molecule is Cc1ccc(CC(CCC(=O)O)C(=O)O)cc1. The number of hydrogen-bond acceptors (Lipinski definition) is 2. The van der Waals surface area contributed by atoms with Crippen molar-refractivity contribution in [2.75, 3.05) is 0 Å². The number of aryl methyl sites for hydroxylation is 1. The minimum Gasteiger partial charge on any atom is -0.481 e. The Bertz CT molecular complexity index is 394. The summed E-state index contributed by atoms with van der Waals surface area (Å²) in [5, 5.41) is 17.6. The lowest BCUT2D eigenvalue weighted by Gasteiger charge is -2.11. The third kappa shape index (κ3) is 4.68. The fourth-order valence-corrected chi connectivity index (χ4v) is 1.62. The molecule has 4 heteroatoms. The Morgan fingerprint density at radius 1 is 1.18 bits per heavy atom. The third-order valence-corrected chi connectivity index (χ3v) is 2.66. The normalized spacial score (nSPS) is 12.1. The Kier molecular flexibility index (Phi) is 4.69. The van der Waals surface area contributed by atoms with E-state index < -0.39 is 17.9 Å². The predicted octanol–water partition coefficient (Wildman–Crippen LogP) is 2.10. The Morgan fingerprint density at radius 3 is 2.24 bits per heavy atom. The molecule has 92 valence electrons. The van der Waals surface area contributed by atoms with Crippen LogP contribution in [0.2, 0.25) is 0 Å². The van der Waals surface area contributed by atoms with Gasteiger partial charge in [0.25, 0.3) is 0 Å². The summed E-state index contributed by atoms with van der Waals surface area (Å²) < 4.78 is 0. The molecule has 0 amide bonds. The molecule has 0 aliphatic rings. The van der Waals surface area contributed by atoms with Gasteiger partial charge in [-0.2, -0.15) is 0 Å². The summed E-state index contributed by atoms with van der Waals surface area (Å²) >= 11 is 0. The monoisotopic (exact) mass is 236 g/mol. The molecule has 1 atom stereocenters. The van der Waals surface area contributed by atoms with E-state index in [0.29, 0.717) is 6.42 Å². The molecule has 0 radical (unpaired) electrons. The largest absolute Gasteiger partial charge is 0.481 e. The predicted molar refractivity (Wildman–Crippen MR) is 62.9 cm³/mol. The van der Waals surface area contributed by atoms with Gasteiger partial charge in [0.05, 0.1) is 5.92 Å². The van der Waals surface area contributed by atoms with E-state index in [1.165, 1.54) is 0 Å². The highest BCUT2D eigenvalue weighted by Gasteiger charge is 2.18. The smallest absolute Gasteiger partial charge is 0.306 e. The van der Waals surface area contributed by atoms with Gasteiger partial charge in [0, 0.05) is 6.42 Å². The van der Waals surface area contributed by atoms with E-state index in [9.17, 15) is 9.59 Å². The van der Waals surface area contributed by atoms with Crippen molar-refractivity contribution in [3.05, 3.63) is 35.4 Å². The van der Waals surface area contributed by atoms with Crippen molar-refractivity contribution < 1.29 is 19.8 Å². The van der Waals surface area contributed by atoms with E-state index >= 15 is 0 Å². The molecule has 0 aliphatic heterocycles. The van der Waals surface area contributed by atoms with Crippen molar-refractivity contribution in [3.63, 3.8) is 0 Å². The van der Waals surface area contributed by atoms with E-state index in [0.717, 1.165) is 11.1 Å². The number of aliphatic carboxylic acids is 2. The molecule has 0 saturated heterocycles. The van der Waals surface area contributed by atoms with Gasteiger partial charge in [-0.05, 0) is 25.3 Å². The van der Waals surface area contributed by atoms with Crippen molar-refractivity contribution >= 4 is 11.9 Å². The maximum Gasteiger partial charge on any atom is 0.306 e. The zero-order chi connectivity index (χ0) is 12.8. The molecule has 0 saturated carbocycles. The van der Waals surface area contributed by atoms with Crippen LogP contribution in [0.3, 0.4) is 0 Å². The Balaban J connectivity index is 2.63. The molecule has 1 rings (SSSR count). The molecule has 0 fully saturated rings. The van der Waals surface area contributed by atoms with E-state index in [1.54, 1.807) is 0 Å². The molecule has 1 unspecified atom stereocenters. The molecular weight excluding hydrogens is 220 g/mol. The molecule has 2 N–H and O–H groups in total. The van der Waals surface area contributed by atoms with Crippen LogP contribution in [-0.4, -0.2) is 22.2 Å². The fourth-order valence-electron chi connectivity index (χ4n) is 1.62. The standard InChI is InChI=1S/C13H16O4/c1-9-2-4-10(5-3-9)8-11(13(16)17)6-7-12(14)15/h2-5,11H,6-8H2,1H3,(H,14,15)(H,16,17). The summed E-state index contributed by atoms with van der Waals surface area (Å²) in [7, 11) is 0. The quantitative estimate of drug-likeness (QED) is 0.793. The molecule has 17 heavy (non-hydrogen) atoms. The van der Waals surface area contributed by atoms with E-state index in [-0.39, 0.29) is 12.8 Å². The summed E-state index contributed by atoms with van der Waals surface area (Å²) in [4.78, 5) is 21.4. The van der Waals surface area contributed by atoms with Crippen molar-refractivity contribution in [1.82, 2.24) is 0 Å². The van der Waals surface area contributed by atoms with Gasteiger partial charge in [0.2, 0.25) is 0 Å². The van der Waals surface area contributed by atoms with Gasteiger partial charge in [0.15, 0.2) is 0 Å². The van der Waals surface area contributed by atoms with Crippen LogP contribution < -0.4 is 0 Å². The first-order valence-electron chi connectivity index (χ1n) is 5.49. The molecule has 0 heterocycles. The summed E-state index contributed by atoms with van der Waals surface area (Å²) in [6, 6.07) is 7.61. The van der Waals surface area contributed by atoms with E-state index in [4.69, 9.17) is 10.2 Å². The highest BCUT2D eigenvalue weighted by molar-refractivity contribution is 5.72. The topological polar surface area (TPSA) is 74.6 Å². The lowest BCUT2D eigenvalue weighted by molar-refractivity contribution is -0.142. The Morgan fingerprint density at radius 2 is 1.76 bits per heavy atom. The maximum atomic E-state index is 11.0. The molecule has 1 aromatic carbocycles. The van der Waals surface area contributed by atoms with Crippen molar-refractivity contribution in [1.29, 1.82) is 0 Å². The summed E-state index contributed by atoms with van der Waals surface area (Å²) in [5.74, 6) is -2.53. The average Bonchev–Trinajstić information content (AvgIpc) is 2.26. The maximum absolute atomic E-state index is 11.0. The second-order valence-electron chi connectivity index (χ2n) is 4.16. The second-order valence-corrected chi connectivity index (χ2v) is 4.16. The number of hydrogen-bond donors (Lipinski definition) is 2. The molecule has 0 spiro atoms. The van der Waals surface area contributed by atoms with Crippen LogP contribution in [0.4, 0.5) is 0 Å². The Labute approximate surface area is 99.9 Å². The second kappa shape index (κ2) is 6.03. The summed E-state index contributed by atoms with van der Waals surface area (Å²) in [6.45, 7) is 1.96. The summed E-state index contributed by atoms with van der Waals surface area (Å²) in [6.07, 6.45) is 0.435. The van der Waals surface area contributed by atoms with Crippen LogP contribution in [0, 0.1) is 12.8 Å². The van der Waals surface area contributed by atoms with Gasteiger partial charge in [-0.3, -0.25) is 9.59 Å². The van der Waals surface area contributed by atoms with Gasteiger partial charge >= 0.3 is 11.9 Å². The highest BCUT2D eigenvalue weighted by atomic mass is 16.4. The molecule has 0 aliphatic carbocycles. The zero-order valence-electron chi connectivity index (χ0n) is 9.72. The molecule has 0 bridgehead atoms. The number of benzene rings is 1. The van der Waals surface area contributed by atoms with Gasteiger partial charge in [-0.15, -0.1) is 0 Å². The van der Waals surface area contributed by atoms with E-state index in [1.807, 2.05) is 31.2 Å². The van der Waals surface area contributed by atoms with Crippen LogP contribution in [0.5, 0.6) is 0 Å². The van der Waals surface area contributed by atoms with Gasteiger partial charge in [-0.25, -0.2) is 0 Å². The minimum atomic E-state index is -0.958. The first kappa shape index (κ1) is 13.2. The first-order valence-corrected chi connectivity index (χ1v) is 5.49. The van der Waals surface area contributed by atoms with Crippen molar-refractivity contribution in [2.45, 2.75) is 26.2 Å². The molecule has 1 aromatic rings. The van der Waals surface area contributed by atoms with Gasteiger partial charge < -0.3 is 10.2 Å². The van der Waals surface area contributed by atoms with Crippen LogP contribution in [-0.2, 0) is 16.0 Å². The number of carbonyl (C=O) groups is 2. The van der Waals surface area contributed by atoms with Gasteiger partial charge in [-0.1, -0.05) is 29.8 Å². The van der Waals surface area contributed by atoms with Crippen molar-refractivity contribution in [3.8, 4) is 0 Å². The van der Waals surface area contributed by atoms with Crippen LogP contribution >= 0.6 is 0 Å². The van der Waals surface area contributed by atoms with E-state index in [2.05, 4.69) is 0 Å². The van der Waals surface area contributed by atoms with Crippen LogP contribution in [0.15, 0.2) is 24.3 Å². The third-order valence-electron chi connectivity index (χ3n) is 2.66. The molecule has 0 aromatic heterocycles. The average molecular weight is 236 g/mol. The Hall–Kier alpha value is -1.84. The first-order chi connectivity index (χ1) is 7.99. The van der Waals surface area contributed by atoms with Gasteiger partial charge in [0.1, 0.15) is 0 Å². The minimum absolute atomic E-state index is 0.108. The molecule has 4 nitrogen and oxygen atoms in total. The lowest BCUT2D eigenvalue weighted by atomic mass is 9.94. The number of rotatable bonds is 6. The van der Waals surface area contributed by atoms with Crippen LogP contribution in [0.25, 0.3) is 0 Å². The fraction of sp³-hybridized carbons (Fsp3) is 0.385. The lowest BCUT2D eigenvalue weighted by Crippen LogP contribution is -2.17. The van der Waals surface area contributed by atoms with Crippen molar-refractivity contribution in [2.24, 2.45) is 5.92 Å². The molecular formula is C13H16O4. The number of carboxylic acids is 2. The number of carboxylic acid groups (broad SMARTS) is 2. The van der Waals surface area contributed by atoms with Crippen LogP contribution in [0.1, 0.15) is 24.0 Å². The highest BCUT2D eigenvalue weighted by Crippen LogP contribution is 2.15. The summed E-state index contributed by atoms with van der Waals surface area (Å²) in [5.41, 5.74) is 2.04. The zero-order valence-corrected chi connectivity index (χ0v) is 9.72.